The third kappa shape index (κ3) is 4.43. The number of rotatable bonds is 5. The van der Waals surface area contributed by atoms with Crippen molar-refractivity contribution in [1.29, 1.82) is 0 Å². The first-order chi connectivity index (χ1) is 11.4. The molecule has 0 saturated carbocycles. The Labute approximate surface area is 146 Å². The summed E-state index contributed by atoms with van der Waals surface area (Å²) < 4.78 is 4.82. The van der Waals surface area contributed by atoms with E-state index in [-0.39, 0.29) is 10.6 Å². The summed E-state index contributed by atoms with van der Waals surface area (Å²) >= 11 is 11.5. The van der Waals surface area contributed by atoms with Gasteiger partial charge in [-0.05, 0) is 24.3 Å². The van der Waals surface area contributed by atoms with Crippen molar-refractivity contribution in [3.05, 3.63) is 68.2 Å². The first kappa shape index (κ1) is 17.7. The van der Waals surface area contributed by atoms with Crippen molar-refractivity contribution in [3.63, 3.8) is 0 Å². The van der Waals surface area contributed by atoms with Crippen molar-refractivity contribution < 1.29 is 19.2 Å². The molecule has 0 fully saturated rings. The van der Waals surface area contributed by atoms with E-state index in [1.165, 1.54) is 12.1 Å². The maximum Gasteiger partial charge on any atom is 0.338 e. The van der Waals surface area contributed by atoms with Crippen LogP contribution in [0.1, 0.15) is 10.4 Å². The van der Waals surface area contributed by atoms with Gasteiger partial charge in [-0.3, -0.25) is 14.9 Å². The molecule has 0 radical (unpaired) electrons. The third-order valence-corrected chi connectivity index (χ3v) is 3.51. The summed E-state index contributed by atoms with van der Waals surface area (Å²) in [5.41, 5.74) is -0.134. The van der Waals surface area contributed by atoms with Gasteiger partial charge in [-0.15, -0.1) is 0 Å². The number of nitrogens with zero attached hydrogens (tertiary/aromatic N) is 1. The van der Waals surface area contributed by atoms with Crippen LogP contribution < -0.4 is 5.32 Å². The van der Waals surface area contributed by atoms with E-state index in [0.717, 1.165) is 6.07 Å². The highest BCUT2D eigenvalue weighted by Gasteiger charge is 2.18. The lowest BCUT2D eigenvalue weighted by atomic mass is 10.2. The molecular weight excluding hydrogens is 359 g/mol. The molecule has 0 heterocycles. The average molecular weight is 369 g/mol. The summed E-state index contributed by atoms with van der Waals surface area (Å²) in [5.74, 6) is -1.48. The van der Waals surface area contributed by atoms with E-state index >= 15 is 0 Å². The summed E-state index contributed by atoms with van der Waals surface area (Å²) in [4.78, 5) is 33.7. The van der Waals surface area contributed by atoms with Crippen LogP contribution in [-0.2, 0) is 9.53 Å². The zero-order valence-electron chi connectivity index (χ0n) is 12.0. The molecule has 0 aromatic heterocycles. The number of nitrogens with one attached hydrogen (secondary N) is 1. The van der Waals surface area contributed by atoms with Crippen LogP contribution in [0.2, 0.25) is 10.0 Å². The van der Waals surface area contributed by atoms with Crippen LogP contribution in [0.5, 0.6) is 0 Å². The molecule has 0 aliphatic heterocycles. The second-order valence-electron chi connectivity index (χ2n) is 4.53. The molecule has 0 spiro atoms. The lowest BCUT2D eigenvalue weighted by molar-refractivity contribution is -0.384. The first-order valence-corrected chi connectivity index (χ1v) is 7.29. The van der Waals surface area contributed by atoms with E-state index in [1.54, 1.807) is 24.3 Å². The molecule has 2 rings (SSSR count). The summed E-state index contributed by atoms with van der Waals surface area (Å²) in [5, 5.41) is 13.5. The van der Waals surface area contributed by atoms with Crippen LogP contribution in [0.25, 0.3) is 0 Å². The molecule has 0 saturated heterocycles. The van der Waals surface area contributed by atoms with Crippen molar-refractivity contribution in [3.8, 4) is 0 Å². The van der Waals surface area contributed by atoms with Crippen LogP contribution in [0, 0.1) is 10.1 Å². The predicted octanol–water partition coefficient (Wildman–Crippen LogP) is 3.70. The summed E-state index contributed by atoms with van der Waals surface area (Å²) in [7, 11) is 0. The normalized spacial score (nSPS) is 10.1. The van der Waals surface area contributed by atoms with E-state index in [1.807, 2.05) is 0 Å². The number of benzene rings is 2. The highest BCUT2D eigenvalue weighted by Crippen LogP contribution is 2.25. The Morgan fingerprint density at radius 3 is 2.50 bits per heavy atom. The second kappa shape index (κ2) is 7.76. The number of hydrogen-bond acceptors (Lipinski definition) is 5. The minimum Gasteiger partial charge on any atom is -0.452 e. The summed E-state index contributed by atoms with van der Waals surface area (Å²) in [6, 6.07) is 10.0. The lowest BCUT2D eigenvalue weighted by Crippen LogP contribution is -2.21. The lowest BCUT2D eigenvalue weighted by Gasteiger charge is -2.08. The van der Waals surface area contributed by atoms with E-state index in [9.17, 15) is 19.7 Å². The van der Waals surface area contributed by atoms with Gasteiger partial charge in [0.15, 0.2) is 6.61 Å². The highest BCUT2D eigenvalue weighted by molar-refractivity contribution is 6.33. The summed E-state index contributed by atoms with van der Waals surface area (Å²) in [6.07, 6.45) is 0. The largest absolute Gasteiger partial charge is 0.452 e. The number of ether oxygens (including phenoxy) is 1. The predicted molar refractivity (Wildman–Crippen MR) is 88.5 cm³/mol. The van der Waals surface area contributed by atoms with Crippen LogP contribution in [0.3, 0.4) is 0 Å². The van der Waals surface area contributed by atoms with Gasteiger partial charge >= 0.3 is 5.97 Å². The molecule has 0 atom stereocenters. The smallest absolute Gasteiger partial charge is 0.338 e. The van der Waals surface area contributed by atoms with Crippen LogP contribution in [0.4, 0.5) is 11.4 Å². The van der Waals surface area contributed by atoms with Crippen molar-refractivity contribution in [1.82, 2.24) is 0 Å². The molecule has 0 aliphatic rings. The van der Waals surface area contributed by atoms with Crippen molar-refractivity contribution in [2.75, 3.05) is 11.9 Å². The topological polar surface area (TPSA) is 98.5 Å². The number of amides is 1. The fourth-order valence-electron chi connectivity index (χ4n) is 1.74. The number of carbonyl (C=O) groups excluding carboxylic acids is 2. The number of nitro benzene ring substituents is 1. The van der Waals surface area contributed by atoms with E-state index < -0.39 is 29.1 Å². The molecule has 24 heavy (non-hydrogen) atoms. The minimum absolute atomic E-state index is 0.0864. The monoisotopic (exact) mass is 368 g/mol. The SMILES string of the molecule is O=C(COC(=O)c1ccc(Cl)c([N+](=O)[O-])c1)Nc1ccccc1Cl. The van der Waals surface area contributed by atoms with E-state index in [4.69, 9.17) is 27.9 Å². The number of halogens is 2. The quantitative estimate of drug-likeness (QED) is 0.492. The van der Waals surface area contributed by atoms with Gasteiger partial charge in [-0.25, -0.2) is 4.79 Å². The number of para-hydroxylation sites is 1. The Morgan fingerprint density at radius 2 is 1.83 bits per heavy atom. The van der Waals surface area contributed by atoms with Crippen molar-refractivity contribution in [2.24, 2.45) is 0 Å². The molecule has 1 N–H and O–H groups in total. The minimum atomic E-state index is -0.885. The van der Waals surface area contributed by atoms with Gasteiger partial charge in [0, 0.05) is 6.07 Å². The second-order valence-corrected chi connectivity index (χ2v) is 5.34. The maximum absolute atomic E-state index is 11.9. The van der Waals surface area contributed by atoms with Crippen molar-refractivity contribution in [2.45, 2.75) is 0 Å². The average Bonchev–Trinajstić information content (AvgIpc) is 2.55. The fourth-order valence-corrected chi connectivity index (χ4v) is 2.11. The summed E-state index contributed by atoms with van der Waals surface area (Å²) in [6.45, 7) is -0.569. The Hall–Kier alpha value is -2.64. The van der Waals surface area contributed by atoms with E-state index in [2.05, 4.69) is 5.32 Å². The molecule has 2 aromatic rings. The van der Waals surface area contributed by atoms with Crippen LogP contribution in [0.15, 0.2) is 42.5 Å². The Morgan fingerprint density at radius 1 is 1.12 bits per heavy atom. The molecule has 0 aliphatic carbocycles. The standard InChI is InChI=1S/C15H10Cl2N2O5/c16-10-3-1-2-4-12(10)18-14(20)8-24-15(21)9-5-6-11(17)13(7-9)19(22)23/h1-7H,8H2,(H,18,20). The van der Waals surface area contributed by atoms with Gasteiger partial charge in [-0.2, -0.15) is 0 Å². The Bertz CT molecular complexity index is 810. The molecule has 0 unspecified atom stereocenters. The van der Waals surface area contributed by atoms with Crippen molar-refractivity contribution >= 4 is 46.5 Å². The number of nitro groups is 1. The highest BCUT2D eigenvalue weighted by atomic mass is 35.5. The number of hydrogen-bond donors (Lipinski definition) is 1. The van der Waals surface area contributed by atoms with Gasteiger partial charge in [0.05, 0.1) is 21.2 Å². The van der Waals surface area contributed by atoms with Gasteiger partial charge < -0.3 is 10.1 Å². The molecule has 1 amide bonds. The van der Waals surface area contributed by atoms with Crippen LogP contribution >= 0.6 is 23.2 Å². The zero-order chi connectivity index (χ0) is 17.7. The molecule has 0 bridgehead atoms. The Kier molecular flexibility index (Phi) is 5.73. The fraction of sp³-hybridized carbons (Fsp3) is 0.0667. The molecule has 124 valence electrons. The number of carbonyl (C=O) groups is 2. The maximum atomic E-state index is 11.9. The third-order valence-electron chi connectivity index (χ3n) is 2.86. The zero-order valence-corrected chi connectivity index (χ0v) is 13.5. The molecule has 2 aromatic carbocycles. The Balaban J connectivity index is 1.98. The van der Waals surface area contributed by atoms with Gasteiger partial charge in [-0.1, -0.05) is 35.3 Å². The first-order valence-electron chi connectivity index (χ1n) is 6.54. The molecule has 7 nitrogen and oxygen atoms in total. The molecular formula is C15H10Cl2N2O5. The van der Waals surface area contributed by atoms with Gasteiger partial charge in [0.1, 0.15) is 5.02 Å². The molecule has 9 heteroatoms. The van der Waals surface area contributed by atoms with Gasteiger partial charge in [0.2, 0.25) is 0 Å². The van der Waals surface area contributed by atoms with E-state index in [0.29, 0.717) is 10.7 Å². The number of esters is 1. The van der Waals surface area contributed by atoms with Gasteiger partial charge in [0.25, 0.3) is 11.6 Å². The van der Waals surface area contributed by atoms with Crippen LogP contribution in [-0.4, -0.2) is 23.4 Å². The number of anilines is 1.